The van der Waals surface area contributed by atoms with Gasteiger partial charge in [0.1, 0.15) is 0 Å². The van der Waals surface area contributed by atoms with E-state index in [1.54, 1.807) is 0 Å². The molecule has 4 heteroatoms. The molecule has 0 atom stereocenters. The molecular weight excluding hydrogens is 276 g/mol. The molecule has 0 saturated heterocycles. The topological polar surface area (TPSA) is 65.1 Å². The fraction of sp³-hybridized carbons (Fsp3) is 0.167. The first-order chi connectivity index (χ1) is 10.7. The van der Waals surface area contributed by atoms with Gasteiger partial charge in [-0.1, -0.05) is 30.3 Å². The Morgan fingerprint density at radius 1 is 1.23 bits per heavy atom. The summed E-state index contributed by atoms with van der Waals surface area (Å²) in [6.45, 7) is 1.90. The van der Waals surface area contributed by atoms with Crippen LogP contribution in [0.3, 0.4) is 0 Å². The fourth-order valence-corrected chi connectivity index (χ4v) is 2.55. The van der Waals surface area contributed by atoms with Crippen molar-refractivity contribution >= 4 is 22.5 Å². The lowest BCUT2D eigenvalue weighted by Gasteiger charge is -2.09. The SMILES string of the molecule is Cc1ccc(CO)cc1NC(=O)Cc1c[nH]c2ccccc12. The Kier molecular flexibility index (Phi) is 3.94. The first-order valence-electron chi connectivity index (χ1n) is 7.22. The Labute approximate surface area is 128 Å². The van der Waals surface area contributed by atoms with Crippen LogP contribution in [0.25, 0.3) is 10.9 Å². The lowest BCUT2D eigenvalue weighted by molar-refractivity contribution is -0.115. The molecule has 0 fully saturated rings. The first-order valence-corrected chi connectivity index (χ1v) is 7.22. The molecule has 0 aliphatic carbocycles. The summed E-state index contributed by atoms with van der Waals surface area (Å²) in [6, 6.07) is 13.5. The van der Waals surface area contributed by atoms with Crippen molar-refractivity contribution in [3.8, 4) is 0 Å². The first kappa shape index (κ1) is 14.4. The van der Waals surface area contributed by atoms with Crippen LogP contribution in [0.2, 0.25) is 0 Å². The molecule has 0 saturated carbocycles. The van der Waals surface area contributed by atoms with Gasteiger partial charge in [-0.3, -0.25) is 4.79 Å². The molecule has 22 heavy (non-hydrogen) atoms. The Morgan fingerprint density at radius 2 is 2.05 bits per heavy atom. The van der Waals surface area contributed by atoms with Crippen molar-refractivity contribution in [2.75, 3.05) is 5.32 Å². The molecule has 3 N–H and O–H groups in total. The Bertz CT molecular complexity index is 821. The monoisotopic (exact) mass is 294 g/mol. The highest BCUT2D eigenvalue weighted by Gasteiger charge is 2.10. The number of aromatic nitrogens is 1. The molecule has 2 aromatic carbocycles. The van der Waals surface area contributed by atoms with Crippen LogP contribution in [0.1, 0.15) is 16.7 Å². The molecular formula is C18H18N2O2. The molecule has 0 unspecified atom stereocenters. The van der Waals surface area contributed by atoms with E-state index in [-0.39, 0.29) is 12.5 Å². The minimum atomic E-state index is -0.0667. The summed E-state index contributed by atoms with van der Waals surface area (Å²) in [5, 5.41) is 13.2. The van der Waals surface area contributed by atoms with E-state index >= 15 is 0 Å². The zero-order valence-corrected chi connectivity index (χ0v) is 12.4. The highest BCUT2D eigenvalue weighted by Crippen LogP contribution is 2.20. The van der Waals surface area contributed by atoms with Crippen molar-refractivity contribution in [1.82, 2.24) is 4.98 Å². The van der Waals surface area contributed by atoms with Crippen molar-refractivity contribution in [2.24, 2.45) is 0 Å². The van der Waals surface area contributed by atoms with E-state index in [0.29, 0.717) is 6.42 Å². The summed E-state index contributed by atoms with van der Waals surface area (Å²) >= 11 is 0. The average Bonchev–Trinajstić information content (AvgIpc) is 2.93. The van der Waals surface area contributed by atoms with Crippen LogP contribution in [0.4, 0.5) is 5.69 Å². The number of hydrogen-bond acceptors (Lipinski definition) is 2. The van der Waals surface area contributed by atoms with E-state index in [1.807, 2.05) is 55.6 Å². The molecule has 0 spiro atoms. The van der Waals surface area contributed by atoms with E-state index in [9.17, 15) is 9.90 Å². The van der Waals surface area contributed by atoms with Gasteiger partial charge >= 0.3 is 0 Å². The number of aromatic amines is 1. The van der Waals surface area contributed by atoms with Crippen molar-refractivity contribution in [3.05, 3.63) is 65.4 Å². The molecule has 1 amide bonds. The predicted molar refractivity (Wildman–Crippen MR) is 87.7 cm³/mol. The van der Waals surface area contributed by atoms with Gasteiger partial charge in [0, 0.05) is 22.8 Å². The van der Waals surface area contributed by atoms with Gasteiger partial charge in [0.2, 0.25) is 5.91 Å². The Hall–Kier alpha value is -2.59. The summed E-state index contributed by atoms with van der Waals surface area (Å²) in [5.41, 5.74) is 4.52. The third-order valence-corrected chi connectivity index (χ3v) is 3.78. The number of fused-ring (bicyclic) bond motifs is 1. The van der Waals surface area contributed by atoms with Gasteiger partial charge < -0.3 is 15.4 Å². The van der Waals surface area contributed by atoms with Crippen LogP contribution in [0.5, 0.6) is 0 Å². The van der Waals surface area contributed by atoms with Crippen LogP contribution in [0, 0.1) is 6.92 Å². The summed E-state index contributed by atoms with van der Waals surface area (Å²) in [5.74, 6) is -0.0667. The lowest BCUT2D eigenvalue weighted by atomic mass is 10.1. The van der Waals surface area contributed by atoms with Gasteiger partial charge in [0.25, 0.3) is 0 Å². The van der Waals surface area contributed by atoms with E-state index in [2.05, 4.69) is 10.3 Å². The lowest BCUT2D eigenvalue weighted by Crippen LogP contribution is -2.15. The molecule has 0 aliphatic heterocycles. The van der Waals surface area contributed by atoms with Gasteiger partial charge in [-0.2, -0.15) is 0 Å². The summed E-state index contributed by atoms with van der Waals surface area (Å²) in [4.78, 5) is 15.5. The van der Waals surface area contributed by atoms with Gasteiger partial charge in [-0.25, -0.2) is 0 Å². The number of amides is 1. The highest BCUT2D eigenvalue weighted by atomic mass is 16.3. The van der Waals surface area contributed by atoms with Gasteiger partial charge in [0.15, 0.2) is 0 Å². The molecule has 3 aromatic rings. The summed E-state index contributed by atoms with van der Waals surface area (Å²) < 4.78 is 0. The number of nitrogens with one attached hydrogen (secondary N) is 2. The number of benzene rings is 2. The second kappa shape index (κ2) is 6.03. The van der Waals surface area contributed by atoms with Gasteiger partial charge in [0.05, 0.1) is 13.0 Å². The maximum absolute atomic E-state index is 12.3. The molecule has 4 nitrogen and oxygen atoms in total. The maximum atomic E-state index is 12.3. The van der Waals surface area contributed by atoms with Crippen LogP contribution in [-0.2, 0) is 17.8 Å². The fourth-order valence-electron chi connectivity index (χ4n) is 2.55. The molecule has 112 valence electrons. The third kappa shape index (κ3) is 2.87. The normalized spacial score (nSPS) is 10.8. The molecule has 0 radical (unpaired) electrons. The smallest absolute Gasteiger partial charge is 0.228 e. The minimum absolute atomic E-state index is 0.0361. The predicted octanol–water partition coefficient (Wildman–Crippen LogP) is 3.15. The number of carbonyl (C=O) groups excluding carboxylic acids is 1. The molecule has 0 bridgehead atoms. The van der Waals surface area contributed by atoms with E-state index in [4.69, 9.17) is 0 Å². The Balaban J connectivity index is 1.78. The second-order valence-corrected chi connectivity index (χ2v) is 5.39. The summed E-state index contributed by atoms with van der Waals surface area (Å²) in [6.07, 6.45) is 2.19. The van der Waals surface area contributed by atoms with Crippen LogP contribution < -0.4 is 5.32 Å². The number of para-hydroxylation sites is 1. The van der Waals surface area contributed by atoms with Crippen LogP contribution >= 0.6 is 0 Å². The van der Waals surface area contributed by atoms with E-state index < -0.39 is 0 Å². The largest absolute Gasteiger partial charge is 0.392 e. The number of hydrogen-bond donors (Lipinski definition) is 3. The average molecular weight is 294 g/mol. The number of rotatable bonds is 4. The molecule has 3 rings (SSSR count). The molecule has 1 heterocycles. The van der Waals surface area contributed by atoms with Crippen molar-refractivity contribution in [1.29, 1.82) is 0 Å². The third-order valence-electron chi connectivity index (χ3n) is 3.78. The zero-order valence-electron chi connectivity index (χ0n) is 12.4. The van der Waals surface area contributed by atoms with E-state index in [0.717, 1.165) is 33.3 Å². The van der Waals surface area contributed by atoms with Crippen LogP contribution in [-0.4, -0.2) is 16.0 Å². The number of aliphatic hydroxyl groups excluding tert-OH is 1. The minimum Gasteiger partial charge on any atom is -0.392 e. The van der Waals surface area contributed by atoms with Crippen molar-refractivity contribution < 1.29 is 9.90 Å². The Morgan fingerprint density at radius 3 is 2.86 bits per heavy atom. The molecule has 0 aliphatic rings. The quantitative estimate of drug-likeness (QED) is 0.692. The number of carbonyl (C=O) groups is 1. The van der Waals surface area contributed by atoms with E-state index in [1.165, 1.54) is 0 Å². The van der Waals surface area contributed by atoms with Gasteiger partial charge in [-0.15, -0.1) is 0 Å². The maximum Gasteiger partial charge on any atom is 0.228 e. The number of aryl methyl sites for hydroxylation is 1. The number of H-pyrrole nitrogens is 1. The standard InChI is InChI=1S/C18H18N2O2/c1-12-6-7-13(11-21)8-17(12)20-18(22)9-14-10-19-16-5-3-2-4-15(14)16/h2-8,10,19,21H,9,11H2,1H3,(H,20,22). The van der Waals surface area contributed by atoms with Gasteiger partial charge in [-0.05, 0) is 35.7 Å². The van der Waals surface area contributed by atoms with Crippen molar-refractivity contribution in [3.63, 3.8) is 0 Å². The second-order valence-electron chi connectivity index (χ2n) is 5.39. The van der Waals surface area contributed by atoms with Crippen LogP contribution in [0.15, 0.2) is 48.7 Å². The summed E-state index contributed by atoms with van der Waals surface area (Å²) in [7, 11) is 0. The zero-order chi connectivity index (χ0) is 15.5. The molecule has 1 aromatic heterocycles. The van der Waals surface area contributed by atoms with Crippen molar-refractivity contribution in [2.45, 2.75) is 20.0 Å². The number of anilines is 1. The highest BCUT2D eigenvalue weighted by molar-refractivity contribution is 5.96. The number of aliphatic hydroxyl groups is 1.